The predicted molar refractivity (Wildman–Crippen MR) is 161 cm³/mol. The number of carboxylic acids is 1. The highest BCUT2D eigenvalue weighted by Crippen LogP contribution is 2.20. The molecule has 3 rings (SSSR count). The van der Waals surface area contributed by atoms with E-state index in [1.165, 1.54) is 0 Å². The lowest BCUT2D eigenvalue weighted by Gasteiger charge is -2.24. The average molecular weight is 604 g/mol. The third-order valence-corrected chi connectivity index (χ3v) is 6.64. The average Bonchev–Trinajstić information content (AvgIpc) is 2.93. The fraction of sp³-hybridized carbons (Fsp3) is 0.355. The van der Waals surface area contributed by atoms with E-state index in [4.69, 9.17) is 37.4 Å². The number of anilines is 1. The third-order valence-electron chi connectivity index (χ3n) is 6.20. The molecule has 0 radical (unpaired) electrons. The van der Waals surface area contributed by atoms with Crippen molar-refractivity contribution in [3.8, 4) is 5.75 Å². The Labute approximate surface area is 251 Å². The first-order chi connectivity index (χ1) is 19.7. The molecule has 0 heterocycles. The number of para-hydroxylation sites is 1. The minimum atomic E-state index is -0.990. The van der Waals surface area contributed by atoms with Gasteiger partial charge in [0.25, 0.3) is 0 Å². The van der Waals surface area contributed by atoms with Gasteiger partial charge < -0.3 is 29.5 Å². The highest BCUT2D eigenvalue weighted by Gasteiger charge is 2.18. The summed E-state index contributed by atoms with van der Waals surface area (Å²) in [6.45, 7) is 5.94. The highest BCUT2D eigenvalue weighted by molar-refractivity contribution is 6.34. The number of carbonyl (C=O) groups is 2. The molecule has 0 aliphatic heterocycles. The number of amides is 2. The highest BCUT2D eigenvalue weighted by atomic mass is 35.5. The van der Waals surface area contributed by atoms with E-state index in [-0.39, 0.29) is 19.1 Å². The number of nitrogens with zero attached hydrogens (tertiary/aromatic N) is 1. The van der Waals surface area contributed by atoms with Gasteiger partial charge in [0.05, 0.1) is 13.2 Å². The molecule has 0 spiro atoms. The van der Waals surface area contributed by atoms with Crippen LogP contribution in [0.3, 0.4) is 0 Å². The van der Waals surface area contributed by atoms with Crippen molar-refractivity contribution in [3.63, 3.8) is 0 Å². The SMILES string of the molecule is CCOC(Cc1ccc(OCCN(CCCOCc2cc(Cl)cc(Cl)c2)C(=O)Nc2ccccc2C)cc1)C(=O)O. The van der Waals surface area contributed by atoms with Crippen molar-refractivity contribution in [2.45, 2.75) is 39.4 Å². The van der Waals surface area contributed by atoms with Gasteiger partial charge >= 0.3 is 12.0 Å². The Morgan fingerprint density at radius 2 is 1.66 bits per heavy atom. The number of nitrogens with one attached hydrogen (secondary N) is 1. The number of ether oxygens (including phenoxy) is 3. The molecular weight excluding hydrogens is 567 g/mol. The molecule has 0 bridgehead atoms. The molecule has 0 saturated heterocycles. The van der Waals surface area contributed by atoms with Gasteiger partial charge in [-0.25, -0.2) is 9.59 Å². The van der Waals surface area contributed by atoms with Crippen molar-refractivity contribution in [3.05, 3.63) is 93.5 Å². The topological polar surface area (TPSA) is 97.3 Å². The van der Waals surface area contributed by atoms with Gasteiger partial charge in [0.1, 0.15) is 12.4 Å². The molecule has 0 aliphatic carbocycles. The molecule has 8 nitrogen and oxygen atoms in total. The van der Waals surface area contributed by atoms with E-state index in [9.17, 15) is 14.7 Å². The van der Waals surface area contributed by atoms with Crippen LogP contribution in [-0.2, 0) is 27.3 Å². The van der Waals surface area contributed by atoms with Gasteiger partial charge in [-0.2, -0.15) is 0 Å². The Morgan fingerprint density at radius 3 is 2.32 bits per heavy atom. The van der Waals surface area contributed by atoms with Crippen LogP contribution >= 0.6 is 23.2 Å². The first kappa shape index (κ1) is 32.2. The van der Waals surface area contributed by atoms with Crippen molar-refractivity contribution in [2.75, 3.05) is 38.2 Å². The van der Waals surface area contributed by atoms with E-state index in [1.807, 2.05) is 55.5 Å². The van der Waals surface area contributed by atoms with Gasteiger partial charge in [-0.3, -0.25) is 0 Å². The Kier molecular flexibility index (Phi) is 13.2. The van der Waals surface area contributed by atoms with E-state index in [2.05, 4.69) is 5.32 Å². The summed E-state index contributed by atoms with van der Waals surface area (Å²) in [5.74, 6) is -0.365. The molecule has 2 N–H and O–H groups in total. The molecule has 3 aromatic carbocycles. The number of hydrogen-bond acceptors (Lipinski definition) is 5. The van der Waals surface area contributed by atoms with E-state index in [1.54, 1.807) is 30.0 Å². The zero-order valence-corrected chi connectivity index (χ0v) is 24.8. The quantitative estimate of drug-likeness (QED) is 0.174. The van der Waals surface area contributed by atoms with Crippen molar-refractivity contribution < 1.29 is 28.9 Å². The number of carbonyl (C=O) groups excluding carboxylic acids is 1. The van der Waals surface area contributed by atoms with Crippen molar-refractivity contribution in [1.29, 1.82) is 0 Å². The smallest absolute Gasteiger partial charge is 0.333 e. The van der Waals surface area contributed by atoms with Crippen LogP contribution in [0.15, 0.2) is 66.7 Å². The molecule has 1 unspecified atom stereocenters. The van der Waals surface area contributed by atoms with Crippen LogP contribution in [0.5, 0.6) is 5.75 Å². The van der Waals surface area contributed by atoms with Gasteiger partial charge in [0, 0.05) is 41.9 Å². The van der Waals surface area contributed by atoms with Crippen LogP contribution in [0.25, 0.3) is 0 Å². The second-order valence-corrected chi connectivity index (χ2v) is 10.3. The van der Waals surface area contributed by atoms with Gasteiger partial charge in [-0.1, -0.05) is 53.5 Å². The van der Waals surface area contributed by atoms with Crippen LogP contribution in [0.1, 0.15) is 30.0 Å². The first-order valence-corrected chi connectivity index (χ1v) is 14.2. The molecule has 10 heteroatoms. The standard InChI is InChI=1S/C31H36Cl2N2O6/c1-3-40-29(30(36)37)19-23-9-11-27(12-10-23)41-16-14-35(31(38)34-28-8-5-4-7-22(28)2)13-6-15-39-21-24-17-25(32)20-26(33)18-24/h4-5,7-12,17-18,20,29H,3,6,13-16,19,21H2,1-2H3,(H,34,38)(H,36,37). The maximum absolute atomic E-state index is 13.2. The number of halogens is 2. The number of hydrogen-bond donors (Lipinski definition) is 2. The molecular formula is C31H36Cl2N2O6. The summed E-state index contributed by atoms with van der Waals surface area (Å²) in [4.78, 5) is 26.2. The maximum Gasteiger partial charge on any atom is 0.333 e. The molecule has 1 atom stereocenters. The number of rotatable bonds is 16. The Morgan fingerprint density at radius 1 is 0.951 bits per heavy atom. The van der Waals surface area contributed by atoms with Gasteiger partial charge in [0.15, 0.2) is 6.10 Å². The molecule has 0 aliphatic rings. The summed E-state index contributed by atoms with van der Waals surface area (Å²) in [6, 6.07) is 19.9. The molecule has 41 heavy (non-hydrogen) atoms. The van der Waals surface area contributed by atoms with Crippen LogP contribution in [0.4, 0.5) is 10.5 Å². The Balaban J connectivity index is 1.53. The number of benzene rings is 3. The number of aryl methyl sites for hydroxylation is 1. The summed E-state index contributed by atoms with van der Waals surface area (Å²) in [7, 11) is 0. The molecule has 0 saturated carbocycles. The molecule has 0 aromatic heterocycles. The number of aliphatic carboxylic acids is 1. The maximum atomic E-state index is 13.2. The van der Waals surface area contributed by atoms with E-state index >= 15 is 0 Å². The van der Waals surface area contributed by atoms with Gasteiger partial charge in [-0.05, 0) is 73.4 Å². The number of urea groups is 1. The van der Waals surface area contributed by atoms with Crippen LogP contribution in [0.2, 0.25) is 10.0 Å². The minimum Gasteiger partial charge on any atom is -0.492 e. The van der Waals surface area contributed by atoms with Crippen molar-refractivity contribution >= 4 is 40.9 Å². The summed E-state index contributed by atoms with van der Waals surface area (Å²) >= 11 is 12.1. The normalized spacial score (nSPS) is 11.6. The molecule has 3 aromatic rings. The third kappa shape index (κ3) is 11.2. The van der Waals surface area contributed by atoms with Crippen molar-refractivity contribution in [1.82, 2.24) is 4.90 Å². The van der Waals surface area contributed by atoms with Crippen LogP contribution in [0, 0.1) is 6.92 Å². The van der Waals surface area contributed by atoms with Gasteiger partial charge in [-0.15, -0.1) is 0 Å². The lowest BCUT2D eigenvalue weighted by Crippen LogP contribution is -2.39. The first-order valence-electron chi connectivity index (χ1n) is 13.5. The Hall–Kier alpha value is -3.30. The van der Waals surface area contributed by atoms with Crippen LogP contribution in [-0.4, -0.2) is 61.0 Å². The molecule has 220 valence electrons. The lowest BCUT2D eigenvalue weighted by molar-refractivity contribution is -0.149. The lowest BCUT2D eigenvalue weighted by atomic mass is 10.1. The zero-order chi connectivity index (χ0) is 29.6. The largest absolute Gasteiger partial charge is 0.492 e. The fourth-order valence-corrected chi connectivity index (χ4v) is 4.66. The second kappa shape index (κ2) is 16.8. The van der Waals surface area contributed by atoms with Crippen LogP contribution < -0.4 is 10.1 Å². The fourth-order valence-electron chi connectivity index (χ4n) is 4.09. The van der Waals surface area contributed by atoms with E-state index < -0.39 is 12.1 Å². The Bertz CT molecular complexity index is 1250. The van der Waals surface area contributed by atoms with Crippen molar-refractivity contribution in [2.24, 2.45) is 0 Å². The number of carboxylic acid groups (broad SMARTS) is 1. The summed E-state index contributed by atoms with van der Waals surface area (Å²) in [5.41, 5.74) is 3.43. The van der Waals surface area contributed by atoms with E-state index in [0.29, 0.717) is 55.1 Å². The molecule has 0 fully saturated rings. The molecule has 2 amide bonds. The van der Waals surface area contributed by atoms with E-state index in [0.717, 1.165) is 22.4 Å². The minimum absolute atomic E-state index is 0.226. The monoisotopic (exact) mass is 602 g/mol. The van der Waals surface area contributed by atoms with Gasteiger partial charge in [0.2, 0.25) is 0 Å². The zero-order valence-electron chi connectivity index (χ0n) is 23.3. The summed E-state index contributed by atoms with van der Waals surface area (Å²) in [6.07, 6.45) is -0.00308. The second-order valence-electron chi connectivity index (χ2n) is 9.39. The summed E-state index contributed by atoms with van der Waals surface area (Å²) in [5, 5.41) is 13.4. The summed E-state index contributed by atoms with van der Waals surface area (Å²) < 4.78 is 17.0. The predicted octanol–water partition coefficient (Wildman–Crippen LogP) is 6.85.